The van der Waals surface area contributed by atoms with Gasteiger partial charge in [0.2, 0.25) is 0 Å². The summed E-state index contributed by atoms with van der Waals surface area (Å²) in [6.45, 7) is 0. The van der Waals surface area contributed by atoms with E-state index in [0.717, 1.165) is 0 Å². The third-order valence-electron chi connectivity index (χ3n) is 12.6. The van der Waals surface area contributed by atoms with E-state index in [0.29, 0.717) is 0 Å². The van der Waals surface area contributed by atoms with Gasteiger partial charge in [0, 0.05) is 0 Å². The minimum absolute atomic E-state index is 0.111. The van der Waals surface area contributed by atoms with Gasteiger partial charge in [-0.2, -0.15) is 0 Å². The molecule has 0 saturated carbocycles. The Morgan fingerprint density at radius 1 is 0.267 bits per heavy atom. The van der Waals surface area contributed by atoms with Crippen LogP contribution < -0.4 is 0 Å². The molecule has 0 fully saturated rings. The third-order valence-corrected chi connectivity index (χ3v) is 16.3. The summed E-state index contributed by atoms with van der Waals surface area (Å²) in [5.41, 5.74) is 10.4. The number of hydrogen-bond acceptors (Lipinski definition) is 1. The maximum atomic E-state index is 2.51. The van der Waals surface area contributed by atoms with Crippen molar-refractivity contribution in [1.29, 1.82) is 0 Å². The molecule has 11 aromatic carbocycles. The van der Waals surface area contributed by atoms with E-state index in [1.54, 1.807) is 0 Å². The Morgan fingerprint density at radius 2 is 0.700 bits per heavy atom. The maximum absolute atomic E-state index is 2.51. The van der Waals surface area contributed by atoms with Crippen molar-refractivity contribution in [3.05, 3.63) is 206 Å². The van der Waals surface area contributed by atoms with Gasteiger partial charge in [0.15, 0.2) is 0 Å². The minimum atomic E-state index is 0.111. The fourth-order valence-corrected chi connectivity index (χ4v) is 13.9. The van der Waals surface area contributed by atoms with Gasteiger partial charge in [-0.25, -0.2) is 0 Å². The average molecular weight is 842 g/mol. The fraction of sp³-hybridized carbons (Fsp3) is 0. The molecule has 0 aliphatic heterocycles. The van der Waals surface area contributed by atoms with Crippen LogP contribution in [0.15, 0.2) is 206 Å². The summed E-state index contributed by atoms with van der Waals surface area (Å²) in [6, 6.07) is 77.3. The zero-order valence-electron chi connectivity index (χ0n) is 32.4. The first-order valence-electron chi connectivity index (χ1n) is 20.6. The number of thiophene rings is 1. The van der Waals surface area contributed by atoms with E-state index in [9.17, 15) is 0 Å². The summed E-state index contributed by atoms with van der Waals surface area (Å²) in [7, 11) is 0. The Balaban J connectivity index is 1.04. The molecule has 0 bridgehead atoms. The van der Waals surface area contributed by atoms with E-state index in [2.05, 4.69) is 206 Å². The molecule has 60 heavy (non-hydrogen) atoms. The summed E-state index contributed by atoms with van der Waals surface area (Å²) in [6.07, 6.45) is 0. The van der Waals surface area contributed by atoms with Crippen molar-refractivity contribution in [2.75, 3.05) is 0 Å². The van der Waals surface area contributed by atoms with Crippen molar-refractivity contribution in [2.45, 2.75) is 0 Å². The number of rotatable bonds is 4. The van der Waals surface area contributed by atoms with Gasteiger partial charge in [-0.15, -0.1) is 0 Å². The molecular formula is C58H34SSe. The van der Waals surface area contributed by atoms with Crippen LogP contribution in [0.4, 0.5) is 0 Å². The van der Waals surface area contributed by atoms with E-state index in [1.165, 1.54) is 127 Å². The Bertz CT molecular complexity index is 3770. The van der Waals surface area contributed by atoms with E-state index in [-0.39, 0.29) is 14.5 Å². The topological polar surface area (TPSA) is 0 Å². The second-order valence-electron chi connectivity index (χ2n) is 15.9. The third kappa shape index (κ3) is 5.03. The number of fused-ring (bicyclic) bond motifs is 10. The van der Waals surface area contributed by atoms with Gasteiger partial charge in [0.1, 0.15) is 0 Å². The summed E-state index contributed by atoms with van der Waals surface area (Å²) in [5, 5.41) is 15.8. The first-order chi connectivity index (χ1) is 29.8. The second-order valence-corrected chi connectivity index (χ2v) is 19.1. The molecule has 278 valence electrons. The van der Waals surface area contributed by atoms with Crippen LogP contribution in [0.25, 0.3) is 127 Å². The van der Waals surface area contributed by atoms with Crippen molar-refractivity contribution in [2.24, 2.45) is 0 Å². The summed E-state index contributed by atoms with van der Waals surface area (Å²) in [5.74, 6) is 0. The van der Waals surface area contributed by atoms with Gasteiger partial charge in [-0.1, -0.05) is 12.1 Å². The first-order valence-corrected chi connectivity index (χ1v) is 23.1. The summed E-state index contributed by atoms with van der Waals surface area (Å²) >= 11 is 2.00. The van der Waals surface area contributed by atoms with Crippen molar-refractivity contribution < 1.29 is 0 Å². The van der Waals surface area contributed by atoms with Gasteiger partial charge < -0.3 is 0 Å². The predicted octanol–water partition coefficient (Wildman–Crippen LogP) is 16.7. The molecule has 0 unspecified atom stereocenters. The van der Waals surface area contributed by atoms with Crippen LogP contribution in [0, 0.1) is 0 Å². The van der Waals surface area contributed by atoms with Gasteiger partial charge in [-0.05, 0) is 0 Å². The van der Waals surface area contributed by atoms with Gasteiger partial charge in [0.25, 0.3) is 0 Å². The van der Waals surface area contributed by atoms with Crippen LogP contribution in [-0.2, 0) is 0 Å². The molecule has 0 nitrogen and oxygen atoms in total. The molecule has 2 aromatic heterocycles. The summed E-state index contributed by atoms with van der Waals surface area (Å²) < 4.78 is 5.59. The molecule has 0 N–H and O–H groups in total. The van der Waals surface area contributed by atoms with E-state index >= 15 is 0 Å². The van der Waals surface area contributed by atoms with Crippen molar-refractivity contribution >= 4 is 108 Å². The zero-order chi connectivity index (χ0) is 39.3. The van der Waals surface area contributed by atoms with Gasteiger partial charge in [-0.3, -0.25) is 0 Å². The van der Waals surface area contributed by atoms with Gasteiger partial charge in [0.05, 0.1) is 0 Å². The molecule has 0 aliphatic carbocycles. The predicted molar refractivity (Wildman–Crippen MR) is 263 cm³/mol. The number of hydrogen-bond donors (Lipinski definition) is 0. The molecule has 0 amide bonds. The Labute approximate surface area is 357 Å². The van der Waals surface area contributed by atoms with Crippen molar-refractivity contribution in [1.82, 2.24) is 0 Å². The molecule has 13 aromatic rings. The van der Waals surface area contributed by atoms with Crippen LogP contribution in [0.3, 0.4) is 0 Å². The Hall–Kier alpha value is -6.80. The molecular weight excluding hydrogens is 808 g/mol. The fourth-order valence-electron chi connectivity index (χ4n) is 10.1. The van der Waals surface area contributed by atoms with Crippen LogP contribution in [0.1, 0.15) is 0 Å². The van der Waals surface area contributed by atoms with Crippen molar-refractivity contribution in [3.63, 3.8) is 0 Å². The first kappa shape index (κ1) is 34.1. The number of benzene rings is 11. The molecule has 2 heteroatoms. The van der Waals surface area contributed by atoms with Crippen LogP contribution >= 0.6 is 11.3 Å². The summed E-state index contributed by atoms with van der Waals surface area (Å²) in [4.78, 5) is 0. The second kappa shape index (κ2) is 13.4. The van der Waals surface area contributed by atoms with E-state index in [1.807, 2.05) is 11.3 Å². The molecule has 0 radical (unpaired) electrons. The average Bonchev–Trinajstić information content (AvgIpc) is 3.88. The molecule has 0 saturated heterocycles. The monoisotopic (exact) mass is 842 g/mol. The van der Waals surface area contributed by atoms with E-state index in [4.69, 9.17) is 0 Å². The normalized spacial score (nSPS) is 12.0. The molecule has 2 heterocycles. The molecule has 0 aliphatic rings. The standard InChI is InChI=1S/C58H34SSe/c1-2-15-35(16-3-1)54-41-18-4-6-20-43(41)56(44-21-7-5-19-42(44)54)37-30-32-40-49-26-14-27-50(58(49)60-53(40)34-37)57-47-24-10-8-22-45(47)55(46-23-9-11-25-48(46)57)36-29-31-39-38-17-12-13-28-51(38)59-52(39)33-36/h1-34H. The van der Waals surface area contributed by atoms with Crippen molar-refractivity contribution in [3.8, 4) is 44.5 Å². The SMILES string of the molecule is c1ccc(-c2c3ccccc3c(-c3ccc4c(c3)[se]c3c(-c5c6ccccc6c(-c6ccc7c(c6)sc6ccccc67)c6ccccc56)cccc34)c3ccccc23)cc1. The van der Waals surface area contributed by atoms with Crippen LogP contribution in [0.2, 0.25) is 0 Å². The Kier molecular flexibility index (Phi) is 7.59. The van der Waals surface area contributed by atoms with Crippen LogP contribution in [-0.4, -0.2) is 14.5 Å². The van der Waals surface area contributed by atoms with E-state index < -0.39 is 0 Å². The van der Waals surface area contributed by atoms with Crippen LogP contribution in [0.5, 0.6) is 0 Å². The van der Waals surface area contributed by atoms with Gasteiger partial charge >= 0.3 is 347 Å². The quantitative estimate of drug-likeness (QED) is 0.122. The zero-order valence-corrected chi connectivity index (χ0v) is 35.0. The Morgan fingerprint density at radius 3 is 1.28 bits per heavy atom. The molecule has 13 rings (SSSR count). The molecule has 0 spiro atoms. The molecule has 0 atom stereocenters.